The summed E-state index contributed by atoms with van der Waals surface area (Å²) in [6, 6.07) is 0.796. The van der Waals surface area contributed by atoms with Crippen LogP contribution >= 0.6 is 0 Å². The topological polar surface area (TPSA) is 60.9 Å². The van der Waals surface area contributed by atoms with E-state index in [9.17, 15) is 9.59 Å². The molecule has 0 aromatic heterocycles. The van der Waals surface area contributed by atoms with Crippen LogP contribution in [0.4, 0.5) is 4.79 Å². The number of carbonyl (C=O) groups is 2. The number of likely N-dealkylation sites (tertiary alicyclic amines) is 2. The van der Waals surface area contributed by atoms with E-state index in [1.165, 1.54) is 6.42 Å². The average Bonchev–Trinajstić information content (AvgIpc) is 2.38. The van der Waals surface area contributed by atoms with Crippen molar-refractivity contribution in [1.82, 2.24) is 9.80 Å². The van der Waals surface area contributed by atoms with E-state index in [-0.39, 0.29) is 18.4 Å². The molecule has 2 rings (SSSR count). The number of hydrogen-bond donors (Lipinski definition) is 1. The number of urea groups is 1. The van der Waals surface area contributed by atoms with E-state index in [4.69, 9.17) is 5.11 Å². The zero-order valence-electron chi connectivity index (χ0n) is 12.5. The molecule has 114 valence electrons. The summed E-state index contributed by atoms with van der Waals surface area (Å²) in [6.07, 6.45) is 5.24. The van der Waals surface area contributed by atoms with Gasteiger partial charge >= 0.3 is 12.0 Å². The lowest BCUT2D eigenvalue weighted by Gasteiger charge is -2.43. The molecule has 2 heterocycles. The summed E-state index contributed by atoms with van der Waals surface area (Å²) in [6.45, 7) is 5.66. The van der Waals surface area contributed by atoms with Crippen LogP contribution in [0.3, 0.4) is 0 Å². The fraction of sp³-hybridized carbons (Fsp3) is 0.867. The maximum Gasteiger partial charge on any atom is 0.320 e. The number of amides is 2. The predicted octanol–water partition coefficient (Wildman–Crippen LogP) is 2.56. The van der Waals surface area contributed by atoms with E-state index in [0.717, 1.165) is 25.7 Å². The Morgan fingerprint density at radius 2 is 1.60 bits per heavy atom. The Hall–Kier alpha value is -1.26. The molecule has 0 bridgehead atoms. The number of piperidine rings is 2. The van der Waals surface area contributed by atoms with Gasteiger partial charge in [-0.25, -0.2) is 4.79 Å². The van der Waals surface area contributed by atoms with Crippen molar-refractivity contribution in [3.63, 3.8) is 0 Å². The van der Waals surface area contributed by atoms with Gasteiger partial charge in [0.25, 0.3) is 0 Å². The number of carboxylic acids is 1. The van der Waals surface area contributed by atoms with Gasteiger partial charge in [0.15, 0.2) is 0 Å². The van der Waals surface area contributed by atoms with Crippen molar-refractivity contribution in [2.75, 3.05) is 13.1 Å². The quantitative estimate of drug-likeness (QED) is 0.846. The molecule has 2 aliphatic rings. The highest BCUT2D eigenvalue weighted by atomic mass is 16.4. The van der Waals surface area contributed by atoms with Crippen molar-refractivity contribution in [1.29, 1.82) is 0 Å². The number of aliphatic carboxylic acids is 1. The molecule has 2 saturated heterocycles. The summed E-state index contributed by atoms with van der Waals surface area (Å²) >= 11 is 0. The zero-order valence-corrected chi connectivity index (χ0v) is 12.5. The molecule has 5 heteroatoms. The maximum atomic E-state index is 12.6. The fourth-order valence-corrected chi connectivity index (χ4v) is 3.54. The minimum atomic E-state index is -0.729. The molecule has 1 N–H and O–H groups in total. The van der Waals surface area contributed by atoms with Gasteiger partial charge in [-0.15, -0.1) is 0 Å². The van der Waals surface area contributed by atoms with Crippen LogP contribution < -0.4 is 0 Å². The zero-order chi connectivity index (χ0) is 14.7. The second-order valence-electron chi connectivity index (χ2n) is 6.35. The van der Waals surface area contributed by atoms with Crippen molar-refractivity contribution in [2.24, 2.45) is 5.92 Å². The van der Waals surface area contributed by atoms with Crippen LogP contribution in [0.5, 0.6) is 0 Å². The van der Waals surface area contributed by atoms with Crippen molar-refractivity contribution >= 4 is 12.0 Å². The number of carboxylic acid groups (broad SMARTS) is 1. The Labute approximate surface area is 120 Å². The van der Waals surface area contributed by atoms with Crippen molar-refractivity contribution < 1.29 is 14.7 Å². The lowest BCUT2D eigenvalue weighted by molar-refractivity contribution is -0.138. The van der Waals surface area contributed by atoms with Crippen LogP contribution in [-0.2, 0) is 4.79 Å². The van der Waals surface area contributed by atoms with E-state index in [1.54, 1.807) is 0 Å². The van der Waals surface area contributed by atoms with E-state index < -0.39 is 5.97 Å². The molecule has 0 unspecified atom stereocenters. The maximum absolute atomic E-state index is 12.6. The van der Waals surface area contributed by atoms with Crippen LogP contribution in [-0.4, -0.2) is 52.1 Å². The first kappa shape index (κ1) is 15.1. The Bertz CT molecular complexity index is 354. The van der Waals surface area contributed by atoms with E-state index in [0.29, 0.717) is 25.2 Å². The molecule has 2 amide bonds. The molecule has 0 aromatic rings. The van der Waals surface area contributed by atoms with Gasteiger partial charge in [-0.1, -0.05) is 0 Å². The van der Waals surface area contributed by atoms with Crippen LogP contribution in [0, 0.1) is 5.92 Å². The summed E-state index contributed by atoms with van der Waals surface area (Å²) in [4.78, 5) is 27.3. The van der Waals surface area contributed by atoms with Gasteiger partial charge in [0.2, 0.25) is 0 Å². The van der Waals surface area contributed by atoms with E-state index in [1.807, 2.05) is 9.80 Å². The third-order valence-electron chi connectivity index (χ3n) is 4.76. The van der Waals surface area contributed by atoms with Crippen molar-refractivity contribution in [2.45, 2.75) is 64.5 Å². The lowest BCUT2D eigenvalue weighted by atomic mass is 9.93. The second-order valence-corrected chi connectivity index (χ2v) is 6.35. The summed E-state index contributed by atoms with van der Waals surface area (Å²) < 4.78 is 0. The fourth-order valence-electron chi connectivity index (χ4n) is 3.54. The predicted molar refractivity (Wildman–Crippen MR) is 76.6 cm³/mol. The van der Waals surface area contributed by atoms with Crippen molar-refractivity contribution in [3.05, 3.63) is 0 Å². The highest BCUT2D eigenvalue weighted by molar-refractivity contribution is 5.75. The largest absolute Gasteiger partial charge is 0.481 e. The Balaban J connectivity index is 1.89. The lowest BCUT2D eigenvalue weighted by Crippen LogP contribution is -2.54. The average molecular weight is 282 g/mol. The first-order chi connectivity index (χ1) is 9.49. The molecule has 2 atom stereocenters. The molecule has 0 saturated carbocycles. The molecule has 0 aliphatic carbocycles. The minimum Gasteiger partial charge on any atom is -0.481 e. The molecule has 0 spiro atoms. The molecule has 2 fully saturated rings. The molecule has 20 heavy (non-hydrogen) atoms. The van der Waals surface area contributed by atoms with Gasteiger partial charge in [-0.3, -0.25) is 4.79 Å². The normalized spacial score (nSPS) is 28.5. The van der Waals surface area contributed by atoms with Crippen molar-refractivity contribution in [3.8, 4) is 0 Å². The number of rotatable bonds is 2. The summed E-state index contributed by atoms with van der Waals surface area (Å²) in [7, 11) is 0. The third kappa shape index (κ3) is 3.44. The molecular weight excluding hydrogens is 256 g/mol. The van der Waals surface area contributed by atoms with Crippen LogP contribution in [0.2, 0.25) is 0 Å². The summed E-state index contributed by atoms with van der Waals surface area (Å²) in [5.41, 5.74) is 0. The van der Waals surface area contributed by atoms with Gasteiger partial charge in [-0.2, -0.15) is 0 Å². The first-order valence-electron chi connectivity index (χ1n) is 7.78. The van der Waals surface area contributed by atoms with Gasteiger partial charge in [-0.05, 0) is 51.9 Å². The number of hydrogen-bond acceptors (Lipinski definition) is 2. The number of carbonyl (C=O) groups excluding carboxylic acids is 1. The minimum absolute atomic E-state index is 0.151. The van der Waals surface area contributed by atoms with Crippen LogP contribution in [0.15, 0.2) is 0 Å². The van der Waals surface area contributed by atoms with Gasteiger partial charge in [0, 0.05) is 31.6 Å². The smallest absolute Gasteiger partial charge is 0.320 e. The monoisotopic (exact) mass is 282 g/mol. The highest BCUT2D eigenvalue weighted by Crippen LogP contribution is 2.26. The van der Waals surface area contributed by atoms with Crippen LogP contribution in [0.1, 0.15) is 52.4 Å². The van der Waals surface area contributed by atoms with Crippen LogP contribution in [0.25, 0.3) is 0 Å². The third-order valence-corrected chi connectivity index (χ3v) is 4.76. The molecule has 5 nitrogen and oxygen atoms in total. The summed E-state index contributed by atoms with van der Waals surface area (Å²) in [5.74, 6) is -0.499. The van der Waals surface area contributed by atoms with Gasteiger partial charge < -0.3 is 14.9 Å². The molecule has 2 aliphatic heterocycles. The first-order valence-corrected chi connectivity index (χ1v) is 7.78. The highest BCUT2D eigenvalue weighted by Gasteiger charge is 2.33. The molecular formula is C15H26N2O3. The second kappa shape index (κ2) is 6.46. The standard InChI is InChI=1S/C15H26N2O3/c1-11-4-3-5-12(2)17(11)15(20)16-8-6-13(7-9-16)10-14(18)19/h11-13H,3-10H2,1-2H3,(H,18,19)/t11-,12+. The Morgan fingerprint density at radius 3 is 2.10 bits per heavy atom. The molecule has 0 aromatic carbocycles. The number of nitrogens with zero attached hydrogens (tertiary/aromatic N) is 2. The van der Waals surface area contributed by atoms with Gasteiger partial charge in [0.05, 0.1) is 0 Å². The Morgan fingerprint density at radius 1 is 1.05 bits per heavy atom. The van der Waals surface area contributed by atoms with E-state index in [2.05, 4.69) is 13.8 Å². The van der Waals surface area contributed by atoms with E-state index >= 15 is 0 Å². The Kier molecular flexibility index (Phi) is 4.89. The SMILES string of the molecule is C[C@@H]1CCC[C@H](C)N1C(=O)N1CCC(CC(=O)O)CC1. The van der Waals surface area contributed by atoms with Gasteiger partial charge in [0.1, 0.15) is 0 Å². The molecule has 0 radical (unpaired) electrons. The summed E-state index contributed by atoms with van der Waals surface area (Å²) in [5, 5.41) is 8.83.